The minimum Gasteiger partial charge on any atom is -0.494 e. The van der Waals surface area contributed by atoms with Crippen LogP contribution in [0, 0.1) is 0 Å². The summed E-state index contributed by atoms with van der Waals surface area (Å²) in [6.07, 6.45) is 0.483. The number of ether oxygens (including phenoxy) is 1. The number of carbonyl (C=O) groups is 2. The van der Waals surface area contributed by atoms with Gasteiger partial charge in [0.1, 0.15) is 11.5 Å². The number of rotatable bonds is 9. The van der Waals surface area contributed by atoms with Gasteiger partial charge in [0.25, 0.3) is 0 Å². The molecule has 0 heterocycles. The normalized spacial score (nSPS) is 11.8. The molecular weight excluding hydrogens is 346 g/mol. The molecule has 0 aromatic heterocycles. The Labute approximate surface area is 148 Å². The zero-order valence-electron chi connectivity index (χ0n) is 14.7. The summed E-state index contributed by atoms with van der Waals surface area (Å²) in [5, 5.41) is 11.1. The molecule has 0 saturated carbocycles. The monoisotopic (exact) mass is 371 g/mol. The van der Waals surface area contributed by atoms with Crippen LogP contribution in [0.5, 0.6) is 5.75 Å². The third-order valence-electron chi connectivity index (χ3n) is 3.47. The Morgan fingerprint density at radius 3 is 2.28 bits per heavy atom. The van der Waals surface area contributed by atoms with E-state index in [9.17, 15) is 18.0 Å². The molecule has 140 valence electrons. The Morgan fingerprint density at radius 2 is 1.76 bits per heavy atom. The molecule has 0 unspecified atom stereocenters. The number of carboxylic acid groups (broad SMARTS) is 1. The van der Waals surface area contributed by atoms with Crippen molar-refractivity contribution in [2.24, 2.45) is 0 Å². The van der Waals surface area contributed by atoms with Crippen molar-refractivity contribution in [3.8, 4) is 5.75 Å². The van der Waals surface area contributed by atoms with Crippen molar-refractivity contribution < 1.29 is 27.9 Å². The van der Waals surface area contributed by atoms with Crippen molar-refractivity contribution in [2.75, 3.05) is 12.4 Å². The van der Waals surface area contributed by atoms with Gasteiger partial charge in [0.05, 0.1) is 11.4 Å². The lowest BCUT2D eigenvalue weighted by Gasteiger charge is -2.18. The van der Waals surface area contributed by atoms with Gasteiger partial charge in [-0.1, -0.05) is 12.1 Å². The van der Waals surface area contributed by atoms with Crippen molar-refractivity contribution in [1.29, 1.82) is 0 Å². The maximum absolute atomic E-state index is 12.0. The van der Waals surface area contributed by atoms with Crippen LogP contribution < -0.4 is 10.1 Å². The van der Waals surface area contributed by atoms with Crippen molar-refractivity contribution in [3.05, 3.63) is 29.8 Å². The number of nitrogens with one attached hydrogen (secondary N) is 1. The molecule has 1 amide bonds. The van der Waals surface area contributed by atoms with Gasteiger partial charge < -0.3 is 15.2 Å². The van der Waals surface area contributed by atoms with E-state index in [4.69, 9.17) is 9.84 Å². The predicted octanol–water partition coefficient (Wildman–Crippen LogP) is 1.76. The minimum absolute atomic E-state index is 0.0571. The van der Waals surface area contributed by atoms with Gasteiger partial charge in [0.15, 0.2) is 9.84 Å². The van der Waals surface area contributed by atoms with Gasteiger partial charge in [-0.3, -0.25) is 9.59 Å². The van der Waals surface area contributed by atoms with Crippen LogP contribution in [0.15, 0.2) is 24.3 Å². The second kappa shape index (κ2) is 8.84. The number of carbonyl (C=O) groups excluding carboxylic acids is 1. The number of hydrogen-bond donors (Lipinski definition) is 2. The quantitative estimate of drug-likeness (QED) is 0.640. The highest BCUT2D eigenvalue weighted by atomic mass is 32.2. The lowest BCUT2D eigenvalue weighted by Crippen LogP contribution is -2.38. The van der Waals surface area contributed by atoms with Gasteiger partial charge >= 0.3 is 5.97 Å². The van der Waals surface area contributed by atoms with E-state index in [1.165, 1.54) is 0 Å². The highest BCUT2D eigenvalue weighted by Gasteiger charge is 2.31. The van der Waals surface area contributed by atoms with Crippen LogP contribution in [0.1, 0.15) is 39.2 Å². The number of sulfone groups is 1. The van der Waals surface area contributed by atoms with E-state index in [1.54, 1.807) is 45.0 Å². The Kier molecular flexibility index (Phi) is 7.41. The van der Waals surface area contributed by atoms with Crippen LogP contribution in [-0.4, -0.2) is 42.5 Å². The first-order valence-electron chi connectivity index (χ1n) is 7.94. The van der Waals surface area contributed by atoms with E-state index < -0.39 is 32.2 Å². The number of amides is 1. The summed E-state index contributed by atoms with van der Waals surface area (Å²) in [7, 11) is -3.50. The summed E-state index contributed by atoms with van der Waals surface area (Å²) in [6, 6.07) is 6.94. The third-order valence-corrected chi connectivity index (χ3v) is 5.98. The van der Waals surface area contributed by atoms with Gasteiger partial charge in [-0.2, -0.15) is 0 Å². The van der Waals surface area contributed by atoms with E-state index in [2.05, 4.69) is 5.32 Å². The Bertz CT molecular complexity index is 689. The number of hydrogen-bond acceptors (Lipinski definition) is 5. The van der Waals surface area contributed by atoms with Gasteiger partial charge in [0, 0.05) is 13.0 Å². The maximum atomic E-state index is 12.0. The Morgan fingerprint density at radius 1 is 1.16 bits per heavy atom. The van der Waals surface area contributed by atoms with Crippen molar-refractivity contribution in [1.82, 2.24) is 5.32 Å². The van der Waals surface area contributed by atoms with Crippen LogP contribution in [0.4, 0.5) is 0 Å². The predicted molar refractivity (Wildman–Crippen MR) is 94.2 cm³/mol. The molecule has 2 N–H and O–H groups in total. The molecule has 0 aliphatic heterocycles. The van der Waals surface area contributed by atoms with E-state index in [0.29, 0.717) is 18.8 Å². The molecule has 0 aliphatic rings. The summed E-state index contributed by atoms with van der Waals surface area (Å²) in [6.45, 7) is 5.21. The number of benzene rings is 1. The zero-order valence-corrected chi connectivity index (χ0v) is 15.6. The summed E-state index contributed by atoms with van der Waals surface area (Å²) >= 11 is 0. The highest BCUT2D eigenvalue weighted by Crippen LogP contribution is 2.16. The number of carboxylic acids is 1. The Balaban J connectivity index is 2.43. The standard InChI is InChI=1S/C17H25NO6S/c1-17(2,3)25(22,23)12-15(19)18-11-13-6-8-14(9-7-13)24-10-4-5-16(20)21/h6-9H,4-5,10-12H2,1-3H3,(H,18,19)(H,20,21). The van der Waals surface area contributed by atoms with Crippen molar-refractivity contribution in [3.63, 3.8) is 0 Å². The fraction of sp³-hybridized carbons (Fsp3) is 0.529. The molecule has 8 heteroatoms. The second-order valence-corrected chi connectivity index (χ2v) is 9.38. The lowest BCUT2D eigenvalue weighted by molar-refractivity contribution is -0.137. The van der Waals surface area contributed by atoms with Crippen molar-refractivity contribution >= 4 is 21.7 Å². The number of aliphatic carboxylic acids is 1. The average molecular weight is 371 g/mol. The summed E-state index contributed by atoms with van der Waals surface area (Å²) in [4.78, 5) is 22.2. The molecule has 0 atom stereocenters. The average Bonchev–Trinajstić information content (AvgIpc) is 2.49. The molecule has 0 fully saturated rings. The SMILES string of the molecule is CC(C)(C)S(=O)(=O)CC(=O)NCc1ccc(OCCCC(=O)O)cc1. The summed E-state index contributed by atoms with van der Waals surface area (Å²) in [5.41, 5.74) is 0.805. The van der Waals surface area contributed by atoms with Gasteiger partial charge in [-0.25, -0.2) is 8.42 Å². The molecular formula is C17H25NO6S. The van der Waals surface area contributed by atoms with Gasteiger partial charge in [-0.15, -0.1) is 0 Å². The van der Waals surface area contributed by atoms with Crippen LogP contribution in [0.25, 0.3) is 0 Å². The van der Waals surface area contributed by atoms with Crippen LogP contribution in [0.3, 0.4) is 0 Å². The molecule has 7 nitrogen and oxygen atoms in total. The topological polar surface area (TPSA) is 110 Å². The molecule has 1 aromatic rings. The Hall–Kier alpha value is -2.09. The first-order valence-corrected chi connectivity index (χ1v) is 9.59. The van der Waals surface area contributed by atoms with Gasteiger partial charge in [-0.05, 0) is 44.9 Å². The fourth-order valence-corrected chi connectivity index (χ4v) is 2.64. The third kappa shape index (κ3) is 7.55. The molecule has 0 saturated heterocycles. The molecule has 0 aliphatic carbocycles. The van der Waals surface area contributed by atoms with E-state index in [1.807, 2.05) is 0 Å². The highest BCUT2D eigenvalue weighted by molar-refractivity contribution is 7.93. The minimum atomic E-state index is -3.50. The largest absolute Gasteiger partial charge is 0.494 e. The van der Waals surface area contributed by atoms with Gasteiger partial charge in [0.2, 0.25) is 5.91 Å². The molecule has 1 rings (SSSR count). The zero-order chi connectivity index (χ0) is 19.1. The maximum Gasteiger partial charge on any atom is 0.303 e. The van der Waals surface area contributed by atoms with E-state index >= 15 is 0 Å². The molecule has 0 bridgehead atoms. The molecule has 0 spiro atoms. The lowest BCUT2D eigenvalue weighted by atomic mass is 10.2. The van der Waals surface area contributed by atoms with Crippen molar-refractivity contribution in [2.45, 2.75) is 44.9 Å². The van der Waals surface area contributed by atoms with Crippen LogP contribution in [-0.2, 0) is 26.0 Å². The summed E-state index contributed by atoms with van der Waals surface area (Å²) in [5.74, 6) is -1.33. The molecule has 0 radical (unpaired) electrons. The second-order valence-electron chi connectivity index (χ2n) is 6.64. The van der Waals surface area contributed by atoms with E-state index in [0.717, 1.165) is 5.56 Å². The fourth-order valence-electron chi connectivity index (χ4n) is 1.76. The molecule has 25 heavy (non-hydrogen) atoms. The van der Waals surface area contributed by atoms with Crippen LogP contribution in [0.2, 0.25) is 0 Å². The first-order chi connectivity index (χ1) is 11.5. The first kappa shape index (κ1) is 21.0. The van der Waals surface area contributed by atoms with E-state index in [-0.39, 0.29) is 13.0 Å². The smallest absolute Gasteiger partial charge is 0.303 e. The molecule has 1 aromatic carbocycles. The summed E-state index contributed by atoms with van der Waals surface area (Å²) < 4.78 is 28.4. The van der Waals surface area contributed by atoms with Crippen LogP contribution >= 0.6 is 0 Å².